The molecule has 0 radical (unpaired) electrons. The van der Waals surface area contributed by atoms with Gasteiger partial charge in [0.25, 0.3) is 5.56 Å². The molecule has 5 heteroatoms. The highest BCUT2D eigenvalue weighted by Gasteiger charge is 2.02. The van der Waals surface area contributed by atoms with Crippen molar-refractivity contribution >= 4 is 23.2 Å². The maximum atomic E-state index is 11.4. The van der Waals surface area contributed by atoms with Gasteiger partial charge in [-0.3, -0.25) is 4.79 Å². The van der Waals surface area contributed by atoms with Crippen LogP contribution < -0.4 is 10.3 Å². The van der Waals surface area contributed by atoms with Crippen LogP contribution in [-0.4, -0.2) is 11.2 Å². The minimum atomic E-state index is -0.0571. The molecule has 1 aromatic carbocycles. The topological polar surface area (TPSA) is 31.2 Å². The van der Waals surface area contributed by atoms with Crippen LogP contribution in [0.4, 0.5) is 0 Å². The molecule has 1 heterocycles. The summed E-state index contributed by atoms with van der Waals surface area (Å²) in [5.41, 5.74) is -0.0571. The zero-order valence-electron chi connectivity index (χ0n) is 9.48. The predicted octanol–water partition coefficient (Wildman–Crippen LogP) is 3.23. The molecule has 0 spiro atoms. The maximum Gasteiger partial charge on any atom is 0.250 e. The first-order valence-corrected chi connectivity index (χ1v) is 6.16. The van der Waals surface area contributed by atoms with Crippen molar-refractivity contribution in [3.63, 3.8) is 0 Å². The van der Waals surface area contributed by atoms with E-state index in [0.717, 1.165) is 0 Å². The van der Waals surface area contributed by atoms with Gasteiger partial charge in [-0.15, -0.1) is 0 Å². The molecular weight excluding hydrogens is 273 g/mol. The molecule has 0 N–H and O–H groups in total. The van der Waals surface area contributed by atoms with Crippen molar-refractivity contribution in [1.29, 1.82) is 0 Å². The quantitative estimate of drug-likeness (QED) is 0.863. The fraction of sp³-hybridized carbons (Fsp3) is 0.154. The fourth-order valence-electron chi connectivity index (χ4n) is 1.49. The smallest absolute Gasteiger partial charge is 0.250 e. The van der Waals surface area contributed by atoms with Crippen LogP contribution in [0.1, 0.15) is 0 Å². The SMILES string of the molecule is O=c1ccccn1CCOc1cc(Cl)ccc1Cl. The third kappa shape index (κ3) is 3.28. The second-order valence-electron chi connectivity index (χ2n) is 3.66. The third-order valence-corrected chi connectivity index (χ3v) is 2.93. The summed E-state index contributed by atoms with van der Waals surface area (Å²) in [6.45, 7) is 0.812. The Morgan fingerprint density at radius 3 is 2.78 bits per heavy atom. The summed E-state index contributed by atoms with van der Waals surface area (Å²) in [4.78, 5) is 11.4. The number of rotatable bonds is 4. The summed E-state index contributed by atoms with van der Waals surface area (Å²) in [6, 6.07) is 10.0. The van der Waals surface area contributed by atoms with E-state index in [2.05, 4.69) is 0 Å². The molecular formula is C13H11Cl2NO2. The van der Waals surface area contributed by atoms with Crippen molar-refractivity contribution in [1.82, 2.24) is 4.57 Å². The van der Waals surface area contributed by atoms with Gasteiger partial charge in [0.1, 0.15) is 12.4 Å². The Labute approximate surface area is 115 Å². The molecule has 1 aromatic heterocycles. The Hall–Kier alpha value is -1.45. The lowest BCUT2D eigenvalue weighted by atomic mass is 10.3. The molecule has 0 atom stereocenters. The number of hydrogen-bond donors (Lipinski definition) is 0. The van der Waals surface area contributed by atoms with Crippen LogP contribution in [0, 0.1) is 0 Å². The second kappa shape index (κ2) is 5.94. The van der Waals surface area contributed by atoms with Gasteiger partial charge in [0.15, 0.2) is 0 Å². The van der Waals surface area contributed by atoms with Crippen molar-refractivity contribution in [2.45, 2.75) is 6.54 Å². The highest BCUT2D eigenvalue weighted by molar-refractivity contribution is 6.34. The molecule has 0 unspecified atom stereocenters. The molecule has 0 saturated carbocycles. The molecule has 2 aromatic rings. The van der Waals surface area contributed by atoms with E-state index in [9.17, 15) is 4.79 Å². The number of ether oxygens (including phenoxy) is 1. The lowest BCUT2D eigenvalue weighted by molar-refractivity contribution is 0.296. The molecule has 0 amide bonds. The molecule has 2 rings (SSSR count). The first-order valence-electron chi connectivity index (χ1n) is 5.40. The van der Waals surface area contributed by atoms with Gasteiger partial charge in [-0.2, -0.15) is 0 Å². The highest BCUT2D eigenvalue weighted by atomic mass is 35.5. The molecule has 0 aliphatic rings. The van der Waals surface area contributed by atoms with Gasteiger partial charge in [0.05, 0.1) is 11.6 Å². The van der Waals surface area contributed by atoms with Gasteiger partial charge in [-0.05, 0) is 18.2 Å². The van der Waals surface area contributed by atoms with Crippen molar-refractivity contribution in [3.8, 4) is 5.75 Å². The first-order chi connectivity index (χ1) is 8.66. The minimum Gasteiger partial charge on any atom is -0.490 e. The highest BCUT2D eigenvalue weighted by Crippen LogP contribution is 2.27. The number of benzene rings is 1. The van der Waals surface area contributed by atoms with E-state index in [0.29, 0.717) is 28.9 Å². The molecule has 0 saturated heterocycles. The predicted molar refractivity (Wildman–Crippen MR) is 72.7 cm³/mol. The van der Waals surface area contributed by atoms with Gasteiger partial charge >= 0.3 is 0 Å². The Kier molecular flexibility index (Phi) is 4.28. The largest absolute Gasteiger partial charge is 0.490 e. The number of hydrogen-bond acceptors (Lipinski definition) is 2. The number of halogens is 2. The van der Waals surface area contributed by atoms with Crippen LogP contribution in [0.3, 0.4) is 0 Å². The first kappa shape index (κ1) is 13.0. The average molecular weight is 284 g/mol. The standard InChI is InChI=1S/C13H11Cl2NO2/c14-10-4-5-11(15)12(9-10)18-8-7-16-6-2-1-3-13(16)17/h1-6,9H,7-8H2. The fourth-order valence-corrected chi connectivity index (χ4v) is 1.82. The zero-order chi connectivity index (χ0) is 13.0. The van der Waals surface area contributed by atoms with E-state index in [1.165, 1.54) is 6.07 Å². The Morgan fingerprint density at radius 2 is 2.00 bits per heavy atom. The van der Waals surface area contributed by atoms with Crippen LogP contribution >= 0.6 is 23.2 Å². The zero-order valence-corrected chi connectivity index (χ0v) is 11.0. The maximum absolute atomic E-state index is 11.4. The van der Waals surface area contributed by atoms with Gasteiger partial charge in [0.2, 0.25) is 0 Å². The Morgan fingerprint density at radius 1 is 1.17 bits per heavy atom. The van der Waals surface area contributed by atoms with Crippen molar-refractivity contribution in [3.05, 3.63) is 63.0 Å². The lowest BCUT2D eigenvalue weighted by Gasteiger charge is -2.09. The van der Waals surface area contributed by atoms with E-state index in [1.807, 2.05) is 0 Å². The van der Waals surface area contributed by atoms with Gasteiger partial charge < -0.3 is 9.30 Å². The van der Waals surface area contributed by atoms with Gasteiger partial charge in [-0.1, -0.05) is 29.3 Å². The Bertz CT molecular complexity index is 596. The van der Waals surface area contributed by atoms with Gasteiger partial charge in [0, 0.05) is 23.4 Å². The van der Waals surface area contributed by atoms with E-state index in [-0.39, 0.29) is 5.56 Å². The lowest BCUT2D eigenvalue weighted by Crippen LogP contribution is -2.21. The van der Waals surface area contributed by atoms with E-state index in [1.54, 1.807) is 41.1 Å². The molecule has 0 bridgehead atoms. The van der Waals surface area contributed by atoms with Crippen molar-refractivity contribution < 1.29 is 4.74 Å². The summed E-state index contributed by atoms with van der Waals surface area (Å²) in [7, 11) is 0. The normalized spacial score (nSPS) is 10.3. The monoisotopic (exact) mass is 283 g/mol. The summed E-state index contributed by atoms with van der Waals surface area (Å²) in [5.74, 6) is 0.521. The number of pyridine rings is 1. The average Bonchev–Trinajstić information content (AvgIpc) is 2.36. The molecule has 0 aliphatic carbocycles. The number of nitrogens with zero attached hydrogens (tertiary/aromatic N) is 1. The summed E-state index contributed by atoms with van der Waals surface area (Å²) < 4.78 is 7.07. The summed E-state index contributed by atoms with van der Waals surface area (Å²) in [6.07, 6.45) is 1.71. The summed E-state index contributed by atoms with van der Waals surface area (Å²) >= 11 is 11.8. The van der Waals surface area contributed by atoms with Crippen LogP contribution in [0.15, 0.2) is 47.4 Å². The van der Waals surface area contributed by atoms with Crippen molar-refractivity contribution in [2.24, 2.45) is 0 Å². The molecule has 18 heavy (non-hydrogen) atoms. The second-order valence-corrected chi connectivity index (χ2v) is 4.50. The Balaban J connectivity index is 1.99. The summed E-state index contributed by atoms with van der Waals surface area (Å²) in [5, 5.41) is 1.06. The van der Waals surface area contributed by atoms with Crippen LogP contribution in [0.2, 0.25) is 10.0 Å². The molecule has 94 valence electrons. The number of aromatic nitrogens is 1. The molecule has 3 nitrogen and oxygen atoms in total. The van der Waals surface area contributed by atoms with Crippen LogP contribution in [-0.2, 0) is 6.54 Å². The van der Waals surface area contributed by atoms with Crippen molar-refractivity contribution in [2.75, 3.05) is 6.61 Å². The van der Waals surface area contributed by atoms with Crippen LogP contribution in [0.25, 0.3) is 0 Å². The van der Waals surface area contributed by atoms with Gasteiger partial charge in [-0.25, -0.2) is 0 Å². The van der Waals surface area contributed by atoms with E-state index in [4.69, 9.17) is 27.9 Å². The van der Waals surface area contributed by atoms with E-state index >= 15 is 0 Å². The molecule has 0 aliphatic heterocycles. The molecule has 0 fully saturated rings. The minimum absolute atomic E-state index is 0.0571. The van der Waals surface area contributed by atoms with Crippen LogP contribution in [0.5, 0.6) is 5.75 Å². The van der Waals surface area contributed by atoms with E-state index < -0.39 is 0 Å². The third-order valence-electron chi connectivity index (χ3n) is 2.38.